The number of benzene rings is 1. The molecule has 1 aliphatic rings. The summed E-state index contributed by atoms with van der Waals surface area (Å²) in [6, 6.07) is 3.10. The number of carbonyl (C=O) groups excluding carboxylic acids is 1. The van der Waals surface area contributed by atoms with Crippen LogP contribution in [0.15, 0.2) is 24.5 Å². The molecule has 1 aromatic carbocycles. The van der Waals surface area contributed by atoms with Crippen molar-refractivity contribution < 1.29 is 9.18 Å². The molecular weight excluding hydrogens is 281 g/mol. The van der Waals surface area contributed by atoms with E-state index in [0.29, 0.717) is 11.3 Å². The summed E-state index contributed by atoms with van der Waals surface area (Å²) in [6.45, 7) is 6.17. The minimum atomic E-state index is -0.223. The number of anilines is 1. The van der Waals surface area contributed by atoms with Crippen LogP contribution in [0.2, 0.25) is 0 Å². The van der Waals surface area contributed by atoms with Gasteiger partial charge in [0.2, 0.25) is 0 Å². The van der Waals surface area contributed by atoms with E-state index in [1.165, 1.54) is 12.3 Å². The second kappa shape index (κ2) is 4.93. The number of fused-ring (bicyclic) bond motifs is 1. The van der Waals surface area contributed by atoms with Crippen LogP contribution in [0.4, 0.5) is 10.1 Å². The molecule has 0 fully saturated rings. The first kappa shape index (κ1) is 14.8. The molecule has 0 bridgehead atoms. The second-order valence-electron chi connectivity index (χ2n) is 6.73. The molecule has 0 saturated carbocycles. The molecule has 0 spiro atoms. The Hall–Kier alpha value is -2.17. The molecule has 0 saturated heterocycles. The van der Waals surface area contributed by atoms with E-state index in [2.05, 4.69) is 17.3 Å². The van der Waals surface area contributed by atoms with Gasteiger partial charge in [0.25, 0.3) is 5.91 Å². The maximum absolute atomic E-state index is 14.3. The minimum Gasteiger partial charge on any atom is -0.322 e. The third kappa shape index (κ3) is 2.30. The fourth-order valence-corrected chi connectivity index (χ4v) is 3.60. The number of aromatic nitrogens is 2. The number of amides is 1. The summed E-state index contributed by atoms with van der Waals surface area (Å²) in [5.74, 6) is -0.201. The fourth-order valence-electron chi connectivity index (χ4n) is 3.60. The van der Waals surface area contributed by atoms with E-state index in [1.54, 1.807) is 24.0 Å². The van der Waals surface area contributed by atoms with Crippen LogP contribution in [-0.4, -0.2) is 15.7 Å². The lowest BCUT2D eigenvalue weighted by Crippen LogP contribution is -2.16. The Bertz CT molecular complexity index is 748. The van der Waals surface area contributed by atoms with E-state index < -0.39 is 0 Å². The number of nitrogens with zero attached hydrogens (tertiary/aromatic N) is 2. The van der Waals surface area contributed by atoms with Gasteiger partial charge in [0.1, 0.15) is 5.82 Å². The third-order valence-corrected chi connectivity index (χ3v) is 4.40. The monoisotopic (exact) mass is 301 g/mol. The molecular formula is C17H20FN3O. The van der Waals surface area contributed by atoms with E-state index in [-0.39, 0.29) is 23.1 Å². The van der Waals surface area contributed by atoms with Crippen molar-refractivity contribution >= 4 is 11.6 Å². The summed E-state index contributed by atoms with van der Waals surface area (Å²) in [5.41, 5.74) is 2.62. The number of hydrogen-bond acceptors (Lipinski definition) is 2. The number of halogens is 1. The highest BCUT2D eigenvalue weighted by Gasteiger charge is 2.39. The Morgan fingerprint density at radius 2 is 2.18 bits per heavy atom. The molecule has 5 heteroatoms. The average molecular weight is 301 g/mol. The van der Waals surface area contributed by atoms with Gasteiger partial charge in [0, 0.05) is 18.9 Å². The number of aryl methyl sites for hydroxylation is 1. The van der Waals surface area contributed by atoms with Crippen LogP contribution in [0.25, 0.3) is 0 Å². The normalized spacial score (nSPS) is 19.0. The highest BCUT2D eigenvalue weighted by atomic mass is 19.1. The topological polar surface area (TPSA) is 46.9 Å². The van der Waals surface area contributed by atoms with E-state index in [9.17, 15) is 9.18 Å². The number of rotatable bonds is 2. The maximum atomic E-state index is 14.3. The quantitative estimate of drug-likeness (QED) is 0.921. The van der Waals surface area contributed by atoms with E-state index in [0.717, 1.165) is 17.5 Å². The summed E-state index contributed by atoms with van der Waals surface area (Å²) in [4.78, 5) is 12.3. The molecule has 22 heavy (non-hydrogen) atoms. The third-order valence-electron chi connectivity index (χ3n) is 4.40. The summed E-state index contributed by atoms with van der Waals surface area (Å²) >= 11 is 0. The van der Waals surface area contributed by atoms with Crippen molar-refractivity contribution in [3.05, 3.63) is 47.0 Å². The first-order chi connectivity index (χ1) is 10.3. The van der Waals surface area contributed by atoms with Crippen molar-refractivity contribution in [1.82, 2.24) is 9.78 Å². The predicted molar refractivity (Wildman–Crippen MR) is 83.6 cm³/mol. The Kier molecular flexibility index (Phi) is 3.31. The van der Waals surface area contributed by atoms with E-state index in [4.69, 9.17) is 0 Å². The molecule has 1 amide bonds. The van der Waals surface area contributed by atoms with Crippen molar-refractivity contribution in [3.8, 4) is 0 Å². The van der Waals surface area contributed by atoms with Crippen molar-refractivity contribution in [1.29, 1.82) is 0 Å². The zero-order chi connectivity index (χ0) is 16.1. The summed E-state index contributed by atoms with van der Waals surface area (Å²) in [7, 11) is 1.76. The molecule has 1 atom stereocenters. The standard InChI is InChI=1S/C17H20FN3O/c1-10-7-17(2,3)15-12(18)5-6-13(14(10)15)20-16(22)11-8-19-21(4)9-11/h5-6,8-10H,7H2,1-4H3,(H,20,22)/t10-/m1/s1. The molecule has 4 nitrogen and oxygen atoms in total. The van der Waals surface area contributed by atoms with Gasteiger partial charge in [-0.1, -0.05) is 20.8 Å². The largest absolute Gasteiger partial charge is 0.322 e. The Morgan fingerprint density at radius 1 is 1.45 bits per heavy atom. The van der Waals surface area contributed by atoms with Crippen LogP contribution < -0.4 is 5.32 Å². The Balaban J connectivity index is 2.00. The van der Waals surface area contributed by atoms with Crippen LogP contribution in [0.3, 0.4) is 0 Å². The SMILES string of the molecule is C[C@@H]1CC(C)(C)c2c(F)ccc(NC(=O)c3cnn(C)c3)c21. The highest BCUT2D eigenvalue weighted by Crippen LogP contribution is 2.49. The summed E-state index contributed by atoms with van der Waals surface area (Å²) < 4.78 is 15.9. The first-order valence-corrected chi connectivity index (χ1v) is 7.42. The lowest BCUT2D eigenvalue weighted by Gasteiger charge is -2.20. The van der Waals surface area contributed by atoms with Gasteiger partial charge in [-0.15, -0.1) is 0 Å². The molecule has 3 rings (SSSR count). The highest BCUT2D eigenvalue weighted by molar-refractivity contribution is 6.04. The lowest BCUT2D eigenvalue weighted by atomic mass is 9.85. The van der Waals surface area contributed by atoms with Gasteiger partial charge in [-0.2, -0.15) is 5.10 Å². The van der Waals surface area contributed by atoms with Crippen LogP contribution in [0, 0.1) is 5.82 Å². The molecule has 1 aliphatic carbocycles. The van der Waals surface area contributed by atoms with E-state index in [1.807, 2.05) is 13.8 Å². The van der Waals surface area contributed by atoms with Gasteiger partial charge in [0.05, 0.1) is 11.8 Å². The maximum Gasteiger partial charge on any atom is 0.258 e. The van der Waals surface area contributed by atoms with Gasteiger partial charge in [-0.25, -0.2) is 4.39 Å². The van der Waals surface area contributed by atoms with E-state index >= 15 is 0 Å². The number of carbonyl (C=O) groups is 1. The van der Waals surface area contributed by atoms with Crippen molar-refractivity contribution in [2.75, 3.05) is 5.32 Å². The second-order valence-corrected chi connectivity index (χ2v) is 6.73. The summed E-state index contributed by atoms with van der Waals surface area (Å²) in [6.07, 6.45) is 4.05. The van der Waals surface area contributed by atoms with Gasteiger partial charge in [-0.05, 0) is 41.0 Å². The molecule has 1 heterocycles. The average Bonchev–Trinajstić information content (AvgIpc) is 2.95. The first-order valence-electron chi connectivity index (χ1n) is 7.42. The van der Waals surface area contributed by atoms with Gasteiger partial charge < -0.3 is 5.32 Å². The zero-order valence-corrected chi connectivity index (χ0v) is 13.3. The molecule has 1 aromatic heterocycles. The molecule has 1 N–H and O–H groups in total. The van der Waals surface area contributed by atoms with Crippen LogP contribution in [0.5, 0.6) is 0 Å². The van der Waals surface area contributed by atoms with Crippen LogP contribution in [-0.2, 0) is 12.5 Å². The van der Waals surface area contributed by atoms with Gasteiger partial charge >= 0.3 is 0 Å². The Morgan fingerprint density at radius 3 is 2.82 bits per heavy atom. The molecule has 116 valence electrons. The minimum absolute atomic E-state index is 0.191. The van der Waals surface area contributed by atoms with Crippen LogP contribution in [0.1, 0.15) is 54.6 Å². The molecule has 0 aliphatic heterocycles. The van der Waals surface area contributed by atoms with Crippen molar-refractivity contribution in [2.24, 2.45) is 7.05 Å². The fraction of sp³-hybridized carbons (Fsp3) is 0.412. The molecule has 2 aromatic rings. The van der Waals surface area contributed by atoms with Gasteiger partial charge in [-0.3, -0.25) is 9.48 Å². The molecule has 0 radical (unpaired) electrons. The Labute approximate surface area is 129 Å². The number of nitrogens with one attached hydrogen (secondary N) is 1. The van der Waals surface area contributed by atoms with Gasteiger partial charge in [0.15, 0.2) is 0 Å². The van der Waals surface area contributed by atoms with Crippen LogP contribution >= 0.6 is 0 Å². The van der Waals surface area contributed by atoms with Crippen molar-refractivity contribution in [2.45, 2.75) is 38.5 Å². The predicted octanol–water partition coefficient (Wildman–Crippen LogP) is 3.60. The lowest BCUT2D eigenvalue weighted by molar-refractivity contribution is 0.102. The zero-order valence-electron chi connectivity index (χ0n) is 13.3. The van der Waals surface area contributed by atoms with Crippen molar-refractivity contribution in [3.63, 3.8) is 0 Å². The number of hydrogen-bond donors (Lipinski definition) is 1. The molecule has 0 unspecified atom stereocenters. The smallest absolute Gasteiger partial charge is 0.258 e. The summed E-state index contributed by atoms with van der Waals surface area (Å²) in [5, 5.41) is 6.91.